The SMILES string of the molecule is Cn1c2c(c3ccc(Br)cc31)CCC(C(=O)O)C2. The van der Waals surface area contributed by atoms with E-state index in [4.69, 9.17) is 5.11 Å². The standard InChI is InChI=1S/C14H14BrNO2/c1-16-12-6-8(14(17)18)2-4-10(12)11-5-3-9(15)7-13(11)16/h3,5,7-8H,2,4,6H2,1H3,(H,17,18). The van der Waals surface area contributed by atoms with Crippen molar-refractivity contribution in [2.75, 3.05) is 0 Å². The normalized spacial score (nSPS) is 18.9. The molecule has 3 nitrogen and oxygen atoms in total. The van der Waals surface area contributed by atoms with Crippen molar-refractivity contribution in [1.82, 2.24) is 4.57 Å². The molecular formula is C14H14BrNO2. The summed E-state index contributed by atoms with van der Waals surface area (Å²) in [5.74, 6) is -0.906. The molecule has 0 aliphatic heterocycles. The number of nitrogens with zero attached hydrogens (tertiary/aromatic N) is 1. The van der Waals surface area contributed by atoms with E-state index in [9.17, 15) is 4.79 Å². The van der Waals surface area contributed by atoms with E-state index in [1.807, 2.05) is 13.1 Å². The van der Waals surface area contributed by atoms with Gasteiger partial charge < -0.3 is 9.67 Å². The number of hydrogen-bond donors (Lipinski definition) is 1. The minimum absolute atomic E-state index is 0.232. The molecule has 1 aliphatic rings. The Hall–Kier alpha value is -1.29. The van der Waals surface area contributed by atoms with Crippen molar-refractivity contribution in [3.63, 3.8) is 0 Å². The summed E-state index contributed by atoms with van der Waals surface area (Å²) >= 11 is 3.49. The average Bonchev–Trinajstić information content (AvgIpc) is 2.62. The first kappa shape index (κ1) is 11.8. The number of aryl methyl sites for hydroxylation is 2. The van der Waals surface area contributed by atoms with E-state index >= 15 is 0 Å². The summed E-state index contributed by atoms with van der Waals surface area (Å²) in [6.45, 7) is 0. The van der Waals surface area contributed by atoms with Gasteiger partial charge in [0.1, 0.15) is 0 Å². The number of aliphatic carboxylic acids is 1. The summed E-state index contributed by atoms with van der Waals surface area (Å²) in [5, 5.41) is 10.4. The predicted octanol–water partition coefficient (Wildman–Crippen LogP) is 3.13. The average molecular weight is 308 g/mol. The van der Waals surface area contributed by atoms with Crippen LogP contribution in [0, 0.1) is 5.92 Å². The van der Waals surface area contributed by atoms with Crippen LogP contribution in [-0.4, -0.2) is 15.6 Å². The Labute approximate surface area is 114 Å². The van der Waals surface area contributed by atoms with Crippen LogP contribution >= 0.6 is 15.9 Å². The lowest BCUT2D eigenvalue weighted by atomic mass is 9.87. The van der Waals surface area contributed by atoms with Crippen molar-refractivity contribution in [2.45, 2.75) is 19.3 Å². The number of halogens is 1. The third kappa shape index (κ3) is 1.67. The summed E-state index contributed by atoms with van der Waals surface area (Å²) in [4.78, 5) is 11.1. The highest BCUT2D eigenvalue weighted by atomic mass is 79.9. The predicted molar refractivity (Wildman–Crippen MR) is 73.8 cm³/mol. The quantitative estimate of drug-likeness (QED) is 0.879. The fourth-order valence-corrected chi connectivity index (χ4v) is 3.29. The van der Waals surface area contributed by atoms with E-state index in [1.165, 1.54) is 22.2 Å². The maximum Gasteiger partial charge on any atom is 0.306 e. The first-order chi connectivity index (χ1) is 8.58. The number of carboxylic acid groups (broad SMARTS) is 1. The van der Waals surface area contributed by atoms with Crippen molar-refractivity contribution < 1.29 is 9.90 Å². The highest BCUT2D eigenvalue weighted by molar-refractivity contribution is 9.10. The number of fused-ring (bicyclic) bond motifs is 3. The van der Waals surface area contributed by atoms with Gasteiger partial charge in [0.15, 0.2) is 0 Å². The van der Waals surface area contributed by atoms with E-state index in [0.29, 0.717) is 6.42 Å². The summed E-state index contributed by atoms with van der Waals surface area (Å²) in [7, 11) is 2.03. The molecule has 1 unspecified atom stereocenters. The van der Waals surface area contributed by atoms with E-state index in [-0.39, 0.29) is 5.92 Å². The number of hydrogen-bond acceptors (Lipinski definition) is 1. The van der Waals surface area contributed by atoms with E-state index in [2.05, 4.69) is 32.6 Å². The lowest BCUT2D eigenvalue weighted by molar-refractivity contribution is -0.142. The number of aromatic nitrogens is 1. The van der Waals surface area contributed by atoms with Crippen LogP contribution in [0.25, 0.3) is 10.9 Å². The maximum absolute atomic E-state index is 11.1. The first-order valence-corrected chi connectivity index (χ1v) is 6.85. The van der Waals surface area contributed by atoms with Crippen molar-refractivity contribution in [2.24, 2.45) is 13.0 Å². The number of rotatable bonds is 1. The van der Waals surface area contributed by atoms with Gasteiger partial charge in [-0.1, -0.05) is 22.0 Å². The van der Waals surface area contributed by atoms with Gasteiger partial charge in [-0.05, 0) is 30.5 Å². The Kier molecular flexibility index (Phi) is 2.70. The minimum atomic E-state index is -0.674. The van der Waals surface area contributed by atoms with Crippen LogP contribution in [-0.2, 0) is 24.7 Å². The number of carboxylic acids is 1. The maximum atomic E-state index is 11.1. The van der Waals surface area contributed by atoms with Gasteiger partial charge in [0.05, 0.1) is 5.92 Å². The Morgan fingerprint density at radius 1 is 1.50 bits per heavy atom. The number of benzene rings is 1. The summed E-state index contributed by atoms with van der Waals surface area (Å²) < 4.78 is 3.20. The zero-order valence-corrected chi connectivity index (χ0v) is 11.7. The van der Waals surface area contributed by atoms with Crippen LogP contribution < -0.4 is 0 Å². The van der Waals surface area contributed by atoms with Gasteiger partial charge in [0.25, 0.3) is 0 Å². The summed E-state index contributed by atoms with van der Waals surface area (Å²) in [6, 6.07) is 6.27. The molecule has 1 heterocycles. The van der Waals surface area contributed by atoms with Gasteiger partial charge in [-0.25, -0.2) is 0 Å². The second-order valence-electron chi connectivity index (χ2n) is 4.92. The fourth-order valence-electron chi connectivity index (χ4n) is 2.94. The van der Waals surface area contributed by atoms with Gasteiger partial charge >= 0.3 is 5.97 Å². The molecule has 4 heteroatoms. The third-order valence-electron chi connectivity index (χ3n) is 3.93. The van der Waals surface area contributed by atoms with Crippen molar-refractivity contribution >= 4 is 32.8 Å². The summed E-state index contributed by atoms with van der Waals surface area (Å²) in [6.07, 6.45) is 2.26. The molecule has 0 radical (unpaired) electrons. The van der Waals surface area contributed by atoms with Gasteiger partial charge in [0, 0.05) is 34.5 Å². The van der Waals surface area contributed by atoms with Crippen LogP contribution in [0.3, 0.4) is 0 Å². The van der Waals surface area contributed by atoms with Crippen LogP contribution in [0.2, 0.25) is 0 Å². The zero-order valence-electron chi connectivity index (χ0n) is 10.1. The smallest absolute Gasteiger partial charge is 0.306 e. The molecule has 1 aliphatic carbocycles. The van der Waals surface area contributed by atoms with Crippen molar-refractivity contribution in [3.8, 4) is 0 Å². The molecule has 0 saturated heterocycles. The molecule has 18 heavy (non-hydrogen) atoms. The number of carbonyl (C=O) groups is 1. The molecule has 0 amide bonds. The topological polar surface area (TPSA) is 42.2 Å². The van der Waals surface area contributed by atoms with E-state index < -0.39 is 5.97 Å². The molecule has 0 spiro atoms. The van der Waals surface area contributed by atoms with Crippen molar-refractivity contribution in [1.29, 1.82) is 0 Å². The Balaban J connectivity index is 2.18. The van der Waals surface area contributed by atoms with Gasteiger partial charge in [-0.3, -0.25) is 4.79 Å². The van der Waals surface area contributed by atoms with Gasteiger partial charge in [-0.15, -0.1) is 0 Å². The molecule has 1 atom stereocenters. The molecule has 1 aromatic heterocycles. The molecule has 94 valence electrons. The molecule has 1 aromatic carbocycles. The van der Waals surface area contributed by atoms with Crippen molar-refractivity contribution in [3.05, 3.63) is 33.9 Å². The first-order valence-electron chi connectivity index (χ1n) is 6.06. The Morgan fingerprint density at radius 3 is 3.00 bits per heavy atom. The zero-order chi connectivity index (χ0) is 12.9. The largest absolute Gasteiger partial charge is 0.481 e. The van der Waals surface area contributed by atoms with Crippen LogP contribution in [0.5, 0.6) is 0 Å². The van der Waals surface area contributed by atoms with Gasteiger partial charge in [0.2, 0.25) is 0 Å². The van der Waals surface area contributed by atoms with E-state index in [1.54, 1.807) is 0 Å². The van der Waals surface area contributed by atoms with Crippen LogP contribution in [0.4, 0.5) is 0 Å². The summed E-state index contributed by atoms with van der Waals surface area (Å²) in [5.41, 5.74) is 3.69. The highest BCUT2D eigenvalue weighted by Crippen LogP contribution is 2.34. The lowest BCUT2D eigenvalue weighted by Gasteiger charge is -2.20. The van der Waals surface area contributed by atoms with Gasteiger partial charge in [-0.2, -0.15) is 0 Å². The molecule has 3 rings (SSSR count). The lowest BCUT2D eigenvalue weighted by Crippen LogP contribution is -2.23. The fraction of sp³-hybridized carbons (Fsp3) is 0.357. The third-order valence-corrected chi connectivity index (χ3v) is 4.42. The van der Waals surface area contributed by atoms with Crippen LogP contribution in [0.15, 0.2) is 22.7 Å². The molecule has 1 N–H and O–H groups in total. The molecule has 0 bridgehead atoms. The Bertz CT molecular complexity index is 645. The van der Waals surface area contributed by atoms with Crippen LogP contribution in [0.1, 0.15) is 17.7 Å². The molecular weight excluding hydrogens is 294 g/mol. The molecule has 0 saturated carbocycles. The second kappa shape index (κ2) is 4.12. The van der Waals surface area contributed by atoms with E-state index in [0.717, 1.165) is 17.3 Å². The monoisotopic (exact) mass is 307 g/mol. The Morgan fingerprint density at radius 2 is 2.28 bits per heavy atom. The highest BCUT2D eigenvalue weighted by Gasteiger charge is 2.28. The molecule has 2 aromatic rings. The second-order valence-corrected chi connectivity index (χ2v) is 5.84. The molecule has 0 fully saturated rings. The minimum Gasteiger partial charge on any atom is -0.481 e.